The van der Waals surface area contributed by atoms with Crippen LogP contribution in [0, 0.1) is 0 Å². The molecule has 1 unspecified atom stereocenters. The summed E-state index contributed by atoms with van der Waals surface area (Å²) in [5.41, 5.74) is 2.40. The maximum absolute atomic E-state index is 13.0. The van der Waals surface area contributed by atoms with Gasteiger partial charge in [-0.25, -0.2) is 0 Å². The number of hydrogen-bond donors (Lipinski definition) is 0. The van der Waals surface area contributed by atoms with E-state index in [-0.39, 0.29) is 17.4 Å². The van der Waals surface area contributed by atoms with Gasteiger partial charge in [0.05, 0.1) is 11.8 Å². The number of aromatic nitrogens is 3. The predicted molar refractivity (Wildman–Crippen MR) is 133 cm³/mol. The fourth-order valence-electron chi connectivity index (χ4n) is 4.07. The molecule has 1 aromatic carbocycles. The van der Waals surface area contributed by atoms with Gasteiger partial charge in [0.2, 0.25) is 5.91 Å². The highest BCUT2D eigenvalue weighted by Crippen LogP contribution is 2.35. The monoisotopic (exact) mass is 466 g/mol. The van der Waals surface area contributed by atoms with E-state index in [0.717, 1.165) is 35.9 Å². The summed E-state index contributed by atoms with van der Waals surface area (Å²) in [6.45, 7) is 11.9. The molecule has 168 valence electrons. The molecule has 32 heavy (non-hydrogen) atoms. The van der Waals surface area contributed by atoms with Gasteiger partial charge in [0, 0.05) is 23.5 Å². The van der Waals surface area contributed by atoms with Crippen LogP contribution in [-0.4, -0.2) is 37.9 Å². The van der Waals surface area contributed by atoms with Crippen LogP contribution in [0.2, 0.25) is 0 Å². The molecule has 1 aliphatic rings. The number of carbonyl (C=O) groups excluding carboxylic acids is 1. The smallest absolute Gasteiger partial charge is 0.233 e. The zero-order valence-corrected chi connectivity index (χ0v) is 20.6. The number of likely N-dealkylation sites (tertiary alicyclic amines) is 1. The van der Waals surface area contributed by atoms with Gasteiger partial charge < -0.3 is 4.90 Å². The molecule has 4 rings (SSSR count). The molecule has 1 aliphatic heterocycles. The maximum atomic E-state index is 13.0. The summed E-state index contributed by atoms with van der Waals surface area (Å²) in [7, 11) is 0. The highest BCUT2D eigenvalue weighted by atomic mass is 32.2. The van der Waals surface area contributed by atoms with E-state index in [9.17, 15) is 4.79 Å². The summed E-state index contributed by atoms with van der Waals surface area (Å²) in [5.74, 6) is 1.33. The number of amides is 1. The molecular formula is C25H30N4OS2. The minimum atomic E-state index is 0.102. The lowest BCUT2D eigenvalue weighted by Gasteiger charge is -2.23. The van der Waals surface area contributed by atoms with Crippen molar-refractivity contribution in [3.63, 3.8) is 0 Å². The summed E-state index contributed by atoms with van der Waals surface area (Å²) in [4.78, 5) is 16.3. The zero-order chi connectivity index (χ0) is 22.7. The molecule has 0 bridgehead atoms. The van der Waals surface area contributed by atoms with Gasteiger partial charge in [0.15, 0.2) is 11.0 Å². The van der Waals surface area contributed by atoms with Crippen LogP contribution in [0.5, 0.6) is 0 Å². The van der Waals surface area contributed by atoms with Crippen LogP contribution in [-0.2, 0) is 16.8 Å². The molecule has 0 saturated carbocycles. The molecule has 0 aliphatic carbocycles. The predicted octanol–water partition coefficient (Wildman–Crippen LogP) is 5.95. The largest absolute Gasteiger partial charge is 0.334 e. The van der Waals surface area contributed by atoms with E-state index in [1.165, 1.54) is 22.2 Å². The lowest BCUT2D eigenvalue weighted by molar-refractivity contribution is -0.129. The minimum Gasteiger partial charge on any atom is -0.334 e. The van der Waals surface area contributed by atoms with Crippen LogP contribution in [0.4, 0.5) is 0 Å². The first kappa shape index (κ1) is 22.8. The van der Waals surface area contributed by atoms with Crippen LogP contribution < -0.4 is 0 Å². The van der Waals surface area contributed by atoms with Crippen LogP contribution in [0.3, 0.4) is 0 Å². The molecular weight excluding hydrogens is 436 g/mol. The first-order valence-electron chi connectivity index (χ1n) is 11.0. The molecule has 1 fully saturated rings. The minimum absolute atomic E-state index is 0.102. The summed E-state index contributed by atoms with van der Waals surface area (Å²) >= 11 is 3.19. The summed E-state index contributed by atoms with van der Waals surface area (Å²) in [6, 6.07) is 12.9. The Balaban J connectivity index is 1.49. The fraction of sp³-hybridized carbons (Fsp3) is 0.400. The lowest BCUT2D eigenvalue weighted by atomic mass is 9.87. The van der Waals surface area contributed by atoms with Gasteiger partial charge in [0.1, 0.15) is 0 Å². The SMILES string of the molecule is C=CCn1c(SCC(=O)N2CCCC2c2cccs2)nnc1-c1ccc(C(C)(C)C)cc1. The Hall–Kier alpha value is -2.38. The number of rotatable bonds is 7. The third-order valence-electron chi connectivity index (χ3n) is 5.81. The molecule has 1 amide bonds. The average molecular weight is 467 g/mol. The molecule has 0 radical (unpaired) electrons. The van der Waals surface area contributed by atoms with Crippen molar-refractivity contribution < 1.29 is 4.79 Å². The average Bonchev–Trinajstić information content (AvgIpc) is 3.52. The molecule has 2 aromatic heterocycles. The topological polar surface area (TPSA) is 51.0 Å². The van der Waals surface area contributed by atoms with Crippen molar-refractivity contribution in [1.82, 2.24) is 19.7 Å². The van der Waals surface area contributed by atoms with Gasteiger partial charge in [-0.2, -0.15) is 0 Å². The number of carbonyl (C=O) groups is 1. The van der Waals surface area contributed by atoms with E-state index in [1.54, 1.807) is 11.3 Å². The van der Waals surface area contributed by atoms with Gasteiger partial charge in [-0.3, -0.25) is 9.36 Å². The van der Waals surface area contributed by atoms with Crippen LogP contribution in [0.15, 0.2) is 59.6 Å². The molecule has 1 atom stereocenters. The van der Waals surface area contributed by atoms with Crippen molar-refractivity contribution in [3.05, 3.63) is 64.9 Å². The van der Waals surface area contributed by atoms with E-state index >= 15 is 0 Å². The number of allylic oxidation sites excluding steroid dienone is 1. The van der Waals surface area contributed by atoms with Gasteiger partial charge in [-0.05, 0) is 35.3 Å². The number of thioether (sulfide) groups is 1. The van der Waals surface area contributed by atoms with Crippen molar-refractivity contribution >= 4 is 29.0 Å². The molecule has 3 heterocycles. The van der Waals surface area contributed by atoms with Gasteiger partial charge >= 0.3 is 0 Å². The van der Waals surface area contributed by atoms with Crippen molar-refractivity contribution in [2.75, 3.05) is 12.3 Å². The van der Waals surface area contributed by atoms with Crippen molar-refractivity contribution in [1.29, 1.82) is 0 Å². The number of nitrogens with zero attached hydrogens (tertiary/aromatic N) is 4. The zero-order valence-electron chi connectivity index (χ0n) is 19.0. The molecule has 0 N–H and O–H groups in total. The van der Waals surface area contributed by atoms with Crippen molar-refractivity contribution in [2.45, 2.75) is 56.8 Å². The Kier molecular flexibility index (Phi) is 6.86. The standard InChI is InChI=1S/C25H30N4OS2/c1-5-14-29-23(18-10-12-19(13-11-18)25(2,3)4)26-27-24(29)32-17-22(30)28-15-6-8-20(28)21-9-7-16-31-21/h5,7,9-13,16,20H,1,6,8,14-15,17H2,2-4H3. The second-order valence-corrected chi connectivity index (χ2v) is 11.0. The van der Waals surface area contributed by atoms with Crippen LogP contribution in [0.25, 0.3) is 11.4 Å². The van der Waals surface area contributed by atoms with Gasteiger partial charge in [-0.1, -0.05) is 68.9 Å². The quantitative estimate of drug-likeness (QED) is 0.319. The van der Waals surface area contributed by atoms with Gasteiger partial charge in [-0.15, -0.1) is 28.1 Å². The Morgan fingerprint density at radius 1 is 1.25 bits per heavy atom. The third kappa shape index (κ3) is 4.84. The van der Waals surface area contributed by atoms with Crippen LogP contribution >= 0.6 is 23.1 Å². The van der Waals surface area contributed by atoms with E-state index < -0.39 is 0 Å². The summed E-state index contributed by atoms with van der Waals surface area (Å²) in [5, 5.41) is 11.7. The van der Waals surface area contributed by atoms with E-state index in [2.05, 4.69) is 79.3 Å². The van der Waals surface area contributed by atoms with E-state index in [0.29, 0.717) is 12.3 Å². The Morgan fingerprint density at radius 2 is 2.03 bits per heavy atom. The second-order valence-electron chi connectivity index (χ2n) is 9.08. The van der Waals surface area contributed by atoms with Crippen molar-refractivity contribution in [2.24, 2.45) is 0 Å². The molecule has 7 heteroatoms. The maximum Gasteiger partial charge on any atom is 0.233 e. The molecule has 5 nitrogen and oxygen atoms in total. The molecule has 0 spiro atoms. The second kappa shape index (κ2) is 9.63. The third-order valence-corrected chi connectivity index (χ3v) is 7.73. The van der Waals surface area contributed by atoms with Crippen LogP contribution in [0.1, 0.15) is 50.1 Å². The Morgan fingerprint density at radius 3 is 2.69 bits per heavy atom. The first-order chi connectivity index (χ1) is 15.4. The molecule has 3 aromatic rings. The normalized spacial score (nSPS) is 16.5. The van der Waals surface area contributed by atoms with Gasteiger partial charge in [0.25, 0.3) is 0 Å². The number of hydrogen-bond acceptors (Lipinski definition) is 5. The molecule has 1 saturated heterocycles. The highest BCUT2D eigenvalue weighted by Gasteiger charge is 2.30. The summed E-state index contributed by atoms with van der Waals surface area (Å²) < 4.78 is 2.04. The van der Waals surface area contributed by atoms with Crippen molar-refractivity contribution in [3.8, 4) is 11.4 Å². The number of benzene rings is 1. The Labute approximate surface area is 198 Å². The summed E-state index contributed by atoms with van der Waals surface area (Å²) in [6.07, 6.45) is 3.94. The lowest BCUT2D eigenvalue weighted by Crippen LogP contribution is -2.31. The highest BCUT2D eigenvalue weighted by molar-refractivity contribution is 7.99. The first-order valence-corrected chi connectivity index (χ1v) is 12.9. The number of thiophene rings is 1. The fourth-order valence-corrected chi connectivity index (χ4v) is 5.78. The van der Waals surface area contributed by atoms with E-state index in [4.69, 9.17) is 0 Å². The Bertz CT molecular complexity index is 1060. The van der Waals surface area contributed by atoms with E-state index in [1.807, 2.05) is 15.5 Å².